The number of allylic oxidation sites excluding steroid dienone is 1. The number of carbonyl (C=O) groups is 1. The Morgan fingerprint density at radius 1 is 1.24 bits per heavy atom. The van der Waals surface area contributed by atoms with Crippen LogP contribution in [0.1, 0.15) is 50.8 Å². The monoisotopic (exact) mass is 560 g/mol. The second-order valence-corrected chi connectivity index (χ2v) is 10.0. The maximum absolute atomic E-state index is 14.2. The topological polar surface area (TPSA) is 87.5 Å². The second kappa shape index (κ2) is 12.5. The van der Waals surface area contributed by atoms with E-state index in [1.54, 1.807) is 47.6 Å². The van der Waals surface area contributed by atoms with Crippen LogP contribution >= 0.6 is 23.4 Å². The molecule has 0 amide bonds. The molecule has 0 radical (unpaired) electrons. The normalized spacial score (nSPS) is 14.6. The van der Waals surface area contributed by atoms with Crippen molar-refractivity contribution in [2.24, 2.45) is 0 Å². The predicted octanol–water partition coefficient (Wildman–Crippen LogP) is 6.40. The molecule has 11 heteroatoms. The van der Waals surface area contributed by atoms with Crippen LogP contribution in [0.25, 0.3) is 0 Å². The van der Waals surface area contributed by atoms with Crippen LogP contribution in [-0.4, -0.2) is 40.2 Å². The molecule has 0 saturated heterocycles. The standard InChI is InChI=1S/C27H30ClFN4O4S/c1-5-7-13-38-27-31-26-30-16(3)23(25(34)36-6-2)24(33(26)32-27)17-11-12-21(22(14-17)35-4)37-15-18-19(28)9-8-10-20(18)29/h8-12,14,24H,5-7,13,15H2,1-4H3,(H,30,31,32). The molecule has 2 heterocycles. The molecule has 1 unspecified atom stereocenters. The molecule has 8 nitrogen and oxygen atoms in total. The molecule has 1 atom stereocenters. The van der Waals surface area contributed by atoms with Crippen molar-refractivity contribution in [2.45, 2.75) is 51.4 Å². The first-order chi connectivity index (χ1) is 18.4. The highest BCUT2D eigenvalue weighted by molar-refractivity contribution is 7.99. The predicted molar refractivity (Wildman–Crippen MR) is 145 cm³/mol. The van der Waals surface area contributed by atoms with Crippen LogP contribution in [0.3, 0.4) is 0 Å². The van der Waals surface area contributed by atoms with E-state index in [4.69, 9.17) is 30.9 Å². The fourth-order valence-corrected chi connectivity index (χ4v) is 5.21. The minimum Gasteiger partial charge on any atom is -0.493 e. The van der Waals surface area contributed by atoms with Gasteiger partial charge in [0.2, 0.25) is 11.1 Å². The molecule has 0 saturated carbocycles. The zero-order chi connectivity index (χ0) is 27.2. The molecule has 1 aliphatic heterocycles. The van der Waals surface area contributed by atoms with E-state index >= 15 is 0 Å². The Morgan fingerprint density at radius 3 is 2.76 bits per heavy atom. The highest BCUT2D eigenvalue weighted by atomic mass is 35.5. The summed E-state index contributed by atoms with van der Waals surface area (Å²) >= 11 is 7.72. The average Bonchev–Trinajstić information content (AvgIpc) is 3.30. The quantitative estimate of drug-likeness (QED) is 0.164. The number of thioether (sulfide) groups is 1. The molecule has 4 rings (SSSR count). The fourth-order valence-electron chi connectivity index (χ4n) is 4.08. The van der Waals surface area contributed by atoms with Crippen LogP contribution < -0.4 is 14.8 Å². The summed E-state index contributed by atoms with van der Waals surface area (Å²) in [6, 6.07) is 9.18. The molecule has 1 aliphatic rings. The number of esters is 1. The number of nitrogens with zero attached hydrogens (tertiary/aromatic N) is 3. The van der Waals surface area contributed by atoms with Crippen molar-refractivity contribution in [3.8, 4) is 11.5 Å². The number of anilines is 1. The molecule has 1 aromatic heterocycles. The van der Waals surface area contributed by atoms with Crippen molar-refractivity contribution < 1.29 is 23.4 Å². The Hall–Kier alpha value is -3.24. The van der Waals surface area contributed by atoms with E-state index < -0.39 is 17.8 Å². The number of fused-ring (bicyclic) bond motifs is 1. The van der Waals surface area contributed by atoms with Gasteiger partial charge in [0.15, 0.2) is 11.5 Å². The number of hydrogen-bond donors (Lipinski definition) is 1. The summed E-state index contributed by atoms with van der Waals surface area (Å²) in [5.41, 5.74) is 2.02. The molecular formula is C27H30ClFN4O4S. The van der Waals surface area contributed by atoms with Crippen LogP contribution in [0.2, 0.25) is 5.02 Å². The number of hydrogen-bond acceptors (Lipinski definition) is 8. The number of benzene rings is 2. The number of rotatable bonds is 11. The third-order valence-electron chi connectivity index (χ3n) is 5.99. The van der Waals surface area contributed by atoms with Crippen molar-refractivity contribution in [1.29, 1.82) is 0 Å². The SMILES string of the molecule is CCCCSc1nc2n(n1)C(c1ccc(OCc3c(F)cccc3Cl)c(OC)c1)C(C(=O)OCC)=C(C)N2. The lowest BCUT2D eigenvalue weighted by Crippen LogP contribution is -2.29. The summed E-state index contributed by atoms with van der Waals surface area (Å²) in [7, 11) is 1.52. The van der Waals surface area contributed by atoms with Crippen molar-refractivity contribution in [3.63, 3.8) is 0 Å². The van der Waals surface area contributed by atoms with Gasteiger partial charge in [-0.05, 0) is 50.1 Å². The van der Waals surface area contributed by atoms with E-state index in [1.807, 2.05) is 13.0 Å². The van der Waals surface area contributed by atoms with Crippen molar-refractivity contribution in [3.05, 3.63) is 69.6 Å². The zero-order valence-electron chi connectivity index (χ0n) is 21.7. The maximum atomic E-state index is 14.2. The lowest BCUT2D eigenvalue weighted by Gasteiger charge is -2.28. The molecule has 2 aromatic carbocycles. The molecule has 0 aliphatic carbocycles. The maximum Gasteiger partial charge on any atom is 0.338 e. The average molecular weight is 561 g/mol. The van der Waals surface area contributed by atoms with E-state index in [9.17, 15) is 9.18 Å². The van der Waals surface area contributed by atoms with E-state index in [1.165, 1.54) is 13.2 Å². The lowest BCUT2D eigenvalue weighted by atomic mass is 9.95. The van der Waals surface area contributed by atoms with E-state index in [0.717, 1.165) is 24.2 Å². The number of halogens is 2. The Labute approximate surface area is 230 Å². The number of nitrogens with one attached hydrogen (secondary N) is 1. The van der Waals surface area contributed by atoms with Crippen LogP contribution in [0, 0.1) is 5.82 Å². The van der Waals surface area contributed by atoms with E-state index in [0.29, 0.717) is 33.9 Å². The number of unbranched alkanes of at least 4 members (excludes halogenated alkanes) is 1. The Bertz CT molecular complexity index is 1330. The van der Waals surface area contributed by atoms with Gasteiger partial charge in [-0.3, -0.25) is 0 Å². The van der Waals surface area contributed by atoms with Crippen molar-refractivity contribution in [1.82, 2.24) is 14.8 Å². The molecular weight excluding hydrogens is 531 g/mol. The molecule has 0 fully saturated rings. The third kappa shape index (κ3) is 5.91. The molecule has 1 N–H and O–H groups in total. The van der Waals surface area contributed by atoms with Gasteiger partial charge >= 0.3 is 5.97 Å². The Kier molecular flexibility index (Phi) is 9.17. The van der Waals surface area contributed by atoms with Gasteiger partial charge in [-0.25, -0.2) is 13.9 Å². The summed E-state index contributed by atoms with van der Waals surface area (Å²) in [5, 5.41) is 8.82. The van der Waals surface area contributed by atoms with Gasteiger partial charge in [0.05, 0.1) is 24.3 Å². The van der Waals surface area contributed by atoms with Gasteiger partial charge in [0, 0.05) is 17.0 Å². The van der Waals surface area contributed by atoms with Gasteiger partial charge in [-0.1, -0.05) is 48.8 Å². The van der Waals surface area contributed by atoms with Gasteiger partial charge in [-0.15, -0.1) is 5.10 Å². The van der Waals surface area contributed by atoms with Crippen molar-refractivity contribution >= 4 is 35.3 Å². The smallest absolute Gasteiger partial charge is 0.338 e. The van der Waals surface area contributed by atoms with Gasteiger partial charge in [0.1, 0.15) is 18.5 Å². The number of ether oxygens (including phenoxy) is 3. The Morgan fingerprint density at radius 2 is 2.05 bits per heavy atom. The van der Waals surface area contributed by atoms with E-state index in [2.05, 4.69) is 17.2 Å². The summed E-state index contributed by atoms with van der Waals surface area (Å²) in [6.07, 6.45) is 2.12. The Balaban J connectivity index is 1.70. The minimum atomic E-state index is -0.609. The van der Waals surface area contributed by atoms with Crippen molar-refractivity contribution in [2.75, 3.05) is 24.8 Å². The van der Waals surface area contributed by atoms with Gasteiger partial charge in [0.25, 0.3) is 0 Å². The first-order valence-corrected chi connectivity index (χ1v) is 13.7. The summed E-state index contributed by atoms with van der Waals surface area (Å²) in [5.74, 6) is 1.35. The summed E-state index contributed by atoms with van der Waals surface area (Å²) in [4.78, 5) is 17.7. The molecule has 3 aromatic rings. The zero-order valence-corrected chi connectivity index (χ0v) is 23.3. The van der Waals surface area contributed by atoms with Crippen LogP contribution in [0.4, 0.5) is 10.3 Å². The highest BCUT2D eigenvalue weighted by Crippen LogP contribution is 2.40. The number of aromatic nitrogens is 3. The number of carbonyl (C=O) groups excluding carboxylic acids is 1. The van der Waals surface area contributed by atoms with Gasteiger partial charge in [-0.2, -0.15) is 4.98 Å². The third-order valence-corrected chi connectivity index (χ3v) is 7.27. The second-order valence-electron chi connectivity index (χ2n) is 8.55. The summed E-state index contributed by atoms with van der Waals surface area (Å²) < 4.78 is 32.8. The lowest BCUT2D eigenvalue weighted by molar-refractivity contribution is -0.139. The molecule has 0 bridgehead atoms. The largest absolute Gasteiger partial charge is 0.493 e. The molecule has 38 heavy (non-hydrogen) atoms. The van der Waals surface area contributed by atoms with E-state index in [-0.39, 0.29) is 23.8 Å². The molecule has 202 valence electrons. The first-order valence-electron chi connectivity index (χ1n) is 12.4. The minimum absolute atomic E-state index is 0.0762. The summed E-state index contributed by atoms with van der Waals surface area (Å²) in [6.45, 7) is 5.87. The van der Waals surface area contributed by atoms with Crippen LogP contribution in [-0.2, 0) is 16.1 Å². The van der Waals surface area contributed by atoms with Crippen LogP contribution in [0.15, 0.2) is 52.8 Å². The molecule has 0 spiro atoms. The van der Waals surface area contributed by atoms with Gasteiger partial charge < -0.3 is 19.5 Å². The highest BCUT2D eigenvalue weighted by Gasteiger charge is 2.35. The first kappa shape index (κ1) is 27.8. The number of methoxy groups -OCH3 is 1. The fraction of sp³-hybridized carbons (Fsp3) is 0.370. The van der Waals surface area contributed by atoms with Crippen LogP contribution in [0.5, 0.6) is 11.5 Å².